The van der Waals surface area contributed by atoms with E-state index in [2.05, 4.69) is 10.3 Å². The van der Waals surface area contributed by atoms with Crippen LogP contribution in [0.5, 0.6) is 0 Å². The lowest BCUT2D eigenvalue weighted by Gasteiger charge is -1.82. The predicted octanol–water partition coefficient (Wildman–Crippen LogP) is -0.360. The van der Waals surface area contributed by atoms with Gasteiger partial charge in [0.1, 0.15) is 0 Å². The van der Waals surface area contributed by atoms with E-state index in [1.807, 2.05) is 0 Å². The minimum absolute atomic E-state index is 0.373. The van der Waals surface area contributed by atoms with Crippen LogP contribution < -0.4 is 5.56 Å². The Labute approximate surface area is 49.8 Å². The largest absolute Gasteiger partial charge is 0.285 e. The Hall–Kier alpha value is -0.900. The summed E-state index contributed by atoms with van der Waals surface area (Å²) in [7, 11) is 0. The van der Waals surface area contributed by atoms with Gasteiger partial charge in [-0.15, -0.1) is 9.30 Å². The smallest absolute Gasteiger partial charge is 0.266 e. The molecule has 1 rings (SSSR count). The third kappa shape index (κ3) is 0.840. The van der Waals surface area contributed by atoms with E-state index < -0.39 is 0 Å². The van der Waals surface area contributed by atoms with Crippen LogP contribution in [0.4, 0.5) is 0 Å². The van der Waals surface area contributed by atoms with Crippen LogP contribution in [0.15, 0.2) is 17.1 Å². The second-order valence-corrected chi connectivity index (χ2v) is 1.44. The molecule has 0 fully saturated rings. The van der Waals surface area contributed by atoms with Crippen molar-refractivity contribution in [2.24, 2.45) is 0 Å². The topological polar surface area (TPSA) is 47.8 Å². The Kier molecular flexibility index (Phi) is 1.26. The van der Waals surface area contributed by atoms with Crippen molar-refractivity contribution in [1.29, 1.82) is 0 Å². The van der Waals surface area contributed by atoms with Gasteiger partial charge in [0.15, 0.2) is 0 Å². The van der Waals surface area contributed by atoms with Crippen LogP contribution in [-0.2, 0) is 0 Å². The first kappa shape index (κ1) is 5.24. The van der Waals surface area contributed by atoms with Gasteiger partial charge in [-0.3, -0.25) is 4.79 Å². The molecule has 0 amide bonds. The molecule has 0 N–H and O–H groups in total. The average Bonchev–Trinajstić information content (AvgIpc) is 1.77. The van der Waals surface area contributed by atoms with Crippen molar-refractivity contribution in [3.8, 4) is 0 Å². The Balaban J connectivity index is 3.35. The van der Waals surface area contributed by atoms with Gasteiger partial charge in [-0.25, -0.2) is 0 Å². The van der Waals surface area contributed by atoms with Crippen molar-refractivity contribution in [2.45, 2.75) is 0 Å². The SMILES string of the molecule is O=c1ccnnn1Cl. The zero-order valence-electron chi connectivity index (χ0n) is 3.78. The van der Waals surface area contributed by atoms with Crippen LogP contribution in [0, 0.1) is 0 Å². The minimum Gasteiger partial charge on any atom is -0.266 e. The molecule has 8 heavy (non-hydrogen) atoms. The van der Waals surface area contributed by atoms with E-state index >= 15 is 0 Å². The van der Waals surface area contributed by atoms with Gasteiger partial charge in [0, 0.05) is 17.8 Å². The lowest BCUT2D eigenvalue weighted by molar-refractivity contribution is 0.782. The molecular weight excluding hydrogens is 130 g/mol. The highest BCUT2D eigenvalue weighted by Gasteiger charge is 1.85. The van der Waals surface area contributed by atoms with Gasteiger partial charge < -0.3 is 0 Å². The molecule has 0 aliphatic rings. The fraction of sp³-hybridized carbons (Fsp3) is 0. The average molecular weight is 132 g/mol. The highest BCUT2D eigenvalue weighted by atomic mass is 35.5. The fourth-order valence-corrected chi connectivity index (χ4v) is 0.373. The molecule has 1 aromatic rings. The molecule has 0 unspecified atom stereocenters. The molecule has 0 aliphatic heterocycles. The molecule has 1 aromatic heterocycles. The zero-order valence-corrected chi connectivity index (χ0v) is 4.54. The third-order valence-corrected chi connectivity index (χ3v) is 0.830. The summed E-state index contributed by atoms with van der Waals surface area (Å²) in [6, 6.07) is 1.22. The maximum atomic E-state index is 10.3. The molecule has 0 spiro atoms. The number of rotatable bonds is 0. The molecule has 0 aromatic carbocycles. The highest BCUT2D eigenvalue weighted by Crippen LogP contribution is 1.69. The molecule has 0 saturated carbocycles. The molecule has 1 heterocycles. The van der Waals surface area contributed by atoms with Crippen molar-refractivity contribution in [3.05, 3.63) is 22.6 Å². The van der Waals surface area contributed by atoms with Gasteiger partial charge in [0.05, 0.1) is 6.20 Å². The zero-order chi connectivity index (χ0) is 5.98. The minimum atomic E-state index is -0.373. The summed E-state index contributed by atoms with van der Waals surface area (Å²) in [5.41, 5.74) is -0.373. The van der Waals surface area contributed by atoms with Gasteiger partial charge >= 0.3 is 0 Å². The Morgan fingerprint density at radius 1 is 1.75 bits per heavy atom. The molecule has 0 radical (unpaired) electrons. The number of hydrogen-bond acceptors (Lipinski definition) is 3. The molecular formula is C3H2ClN3O. The summed E-state index contributed by atoms with van der Waals surface area (Å²) in [4.78, 5) is 10.3. The number of nitrogens with zero attached hydrogens (tertiary/aromatic N) is 3. The first-order valence-electron chi connectivity index (χ1n) is 1.88. The summed E-state index contributed by atoms with van der Waals surface area (Å²) in [6.07, 6.45) is 1.28. The second-order valence-electron chi connectivity index (χ2n) is 1.12. The van der Waals surface area contributed by atoms with E-state index in [0.29, 0.717) is 4.20 Å². The highest BCUT2D eigenvalue weighted by molar-refractivity contribution is 6.14. The van der Waals surface area contributed by atoms with Crippen molar-refractivity contribution in [2.75, 3.05) is 0 Å². The van der Waals surface area contributed by atoms with Crippen LogP contribution in [0.3, 0.4) is 0 Å². The van der Waals surface area contributed by atoms with E-state index in [1.165, 1.54) is 12.3 Å². The molecule has 5 heteroatoms. The normalized spacial score (nSPS) is 9.12. The van der Waals surface area contributed by atoms with Crippen LogP contribution in [0.1, 0.15) is 0 Å². The van der Waals surface area contributed by atoms with E-state index in [9.17, 15) is 4.79 Å². The van der Waals surface area contributed by atoms with Crippen molar-refractivity contribution in [3.63, 3.8) is 0 Å². The second kappa shape index (κ2) is 1.92. The van der Waals surface area contributed by atoms with Crippen LogP contribution in [0.2, 0.25) is 0 Å². The Bertz CT molecular complexity index is 232. The number of aromatic nitrogens is 3. The van der Waals surface area contributed by atoms with Gasteiger partial charge in [-0.2, -0.15) is 0 Å². The summed E-state index contributed by atoms with van der Waals surface area (Å²) in [5.74, 6) is 0. The lowest BCUT2D eigenvalue weighted by atomic mass is 10.7. The maximum Gasteiger partial charge on any atom is 0.285 e. The lowest BCUT2D eigenvalue weighted by Crippen LogP contribution is -2.13. The molecule has 0 saturated heterocycles. The van der Waals surface area contributed by atoms with Crippen LogP contribution in [-0.4, -0.2) is 14.5 Å². The maximum absolute atomic E-state index is 10.3. The standard InChI is InChI=1S/C3H2ClN3O/c4-7-3(8)1-2-5-6-7/h1-2H. The van der Waals surface area contributed by atoms with E-state index in [-0.39, 0.29) is 5.56 Å². The Morgan fingerprint density at radius 3 is 2.88 bits per heavy atom. The quantitative estimate of drug-likeness (QED) is 0.483. The van der Waals surface area contributed by atoms with Gasteiger partial charge in [-0.1, -0.05) is 0 Å². The predicted molar refractivity (Wildman–Crippen MR) is 27.5 cm³/mol. The molecule has 0 aliphatic carbocycles. The first-order chi connectivity index (χ1) is 3.80. The summed E-state index contributed by atoms with van der Waals surface area (Å²) in [6.45, 7) is 0. The van der Waals surface area contributed by atoms with E-state index in [1.54, 1.807) is 0 Å². The molecule has 0 bridgehead atoms. The van der Waals surface area contributed by atoms with Gasteiger partial charge in [0.25, 0.3) is 5.56 Å². The fourth-order valence-electron chi connectivity index (χ4n) is 0.278. The molecule has 42 valence electrons. The van der Waals surface area contributed by atoms with Gasteiger partial charge in [-0.05, 0) is 5.21 Å². The monoisotopic (exact) mass is 131 g/mol. The van der Waals surface area contributed by atoms with Gasteiger partial charge in [0.2, 0.25) is 0 Å². The molecule has 4 nitrogen and oxygen atoms in total. The van der Waals surface area contributed by atoms with Crippen molar-refractivity contribution < 1.29 is 0 Å². The number of hydrogen-bond donors (Lipinski definition) is 0. The summed E-state index contributed by atoms with van der Waals surface area (Å²) < 4.78 is 0.639. The summed E-state index contributed by atoms with van der Waals surface area (Å²) >= 11 is 5.14. The number of halogens is 1. The third-order valence-electron chi connectivity index (χ3n) is 0.596. The summed E-state index contributed by atoms with van der Waals surface area (Å²) in [5, 5.41) is 6.52. The first-order valence-corrected chi connectivity index (χ1v) is 2.22. The van der Waals surface area contributed by atoms with Crippen LogP contribution in [0.25, 0.3) is 0 Å². The van der Waals surface area contributed by atoms with Crippen LogP contribution >= 0.6 is 11.8 Å². The van der Waals surface area contributed by atoms with Crippen molar-refractivity contribution in [1.82, 2.24) is 14.5 Å². The van der Waals surface area contributed by atoms with E-state index in [0.717, 1.165) is 0 Å². The molecule has 0 atom stereocenters. The van der Waals surface area contributed by atoms with Crippen molar-refractivity contribution >= 4 is 11.8 Å². The van der Waals surface area contributed by atoms with E-state index in [4.69, 9.17) is 11.8 Å². The Morgan fingerprint density at radius 2 is 2.50 bits per heavy atom.